The minimum Gasteiger partial charge on any atom is -0.483 e. The van der Waals surface area contributed by atoms with E-state index in [9.17, 15) is 0 Å². The first-order valence-electron chi connectivity index (χ1n) is 7.53. The van der Waals surface area contributed by atoms with Crippen LogP contribution >= 0.6 is 22.6 Å². The predicted molar refractivity (Wildman–Crippen MR) is 98.8 cm³/mol. The van der Waals surface area contributed by atoms with Crippen molar-refractivity contribution in [2.45, 2.75) is 38.8 Å². The fourth-order valence-corrected chi connectivity index (χ4v) is 3.20. The van der Waals surface area contributed by atoms with Crippen molar-refractivity contribution in [1.29, 1.82) is 0 Å². The Morgan fingerprint density at radius 2 is 1.77 bits per heavy atom. The topological polar surface area (TPSA) is 43.2 Å². The maximum atomic E-state index is 5.48. The summed E-state index contributed by atoms with van der Waals surface area (Å²) < 4.78 is 12.2. The van der Waals surface area contributed by atoms with E-state index in [1.165, 1.54) is 9.13 Å². The lowest BCUT2D eigenvalue weighted by Gasteiger charge is -2.27. The molecule has 1 unspecified atom stereocenters. The van der Waals surface area contributed by atoms with Crippen LogP contribution in [0.5, 0.6) is 0 Å². The molecule has 120 valence electrons. The molecule has 0 radical (unpaired) electrons. The number of methoxy groups -OCH3 is 2. The van der Waals surface area contributed by atoms with Gasteiger partial charge in [-0.15, -0.1) is 0 Å². The maximum Gasteiger partial charge on any atom is 0.209 e. The van der Waals surface area contributed by atoms with Gasteiger partial charge in [0, 0.05) is 3.57 Å². The molecule has 0 bridgehead atoms. The molecule has 1 aliphatic heterocycles. The van der Waals surface area contributed by atoms with Crippen molar-refractivity contribution in [3.63, 3.8) is 0 Å². The van der Waals surface area contributed by atoms with Crippen LogP contribution < -0.4 is 0 Å². The molecule has 0 fully saturated rings. The van der Waals surface area contributed by atoms with Crippen LogP contribution in [0.2, 0.25) is 0 Å². The Hall–Kier alpha value is -1.11. The smallest absolute Gasteiger partial charge is 0.209 e. The van der Waals surface area contributed by atoms with Gasteiger partial charge in [-0.2, -0.15) is 0 Å². The Morgan fingerprint density at radius 1 is 1.09 bits per heavy atom. The lowest BCUT2D eigenvalue weighted by Crippen LogP contribution is -2.37. The molecule has 5 heteroatoms. The van der Waals surface area contributed by atoms with Crippen LogP contribution in [-0.2, 0) is 15.9 Å². The summed E-state index contributed by atoms with van der Waals surface area (Å²) >= 11 is 2.37. The van der Waals surface area contributed by atoms with Gasteiger partial charge in [0.05, 0.1) is 14.2 Å². The second-order valence-corrected chi connectivity index (χ2v) is 6.84. The minimum atomic E-state index is -0.0639. The fourth-order valence-electron chi connectivity index (χ4n) is 2.54. The minimum absolute atomic E-state index is 0.0481. The largest absolute Gasteiger partial charge is 0.483 e. The van der Waals surface area contributed by atoms with Crippen LogP contribution in [0.1, 0.15) is 25.8 Å². The third-order valence-corrected chi connectivity index (χ3v) is 4.83. The molecular formula is C17H23IN2O2. The third-order valence-electron chi connectivity index (χ3n) is 3.78. The molecule has 0 N–H and O–H groups in total. The van der Waals surface area contributed by atoms with Gasteiger partial charge < -0.3 is 9.47 Å². The van der Waals surface area contributed by atoms with E-state index in [-0.39, 0.29) is 12.1 Å². The second kappa shape index (κ2) is 7.94. The number of hydrogen-bond acceptors (Lipinski definition) is 4. The maximum absolute atomic E-state index is 5.48. The Morgan fingerprint density at radius 3 is 2.36 bits per heavy atom. The quantitative estimate of drug-likeness (QED) is 0.705. The van der Waals surface area contributed by atoms with Crippen molar-refractivity contribution in [3.8, 4) is 0 Å². The summed E-state index contributed by atoms with van der Waals surface area (Å²) in [6.45, 7) is 4.23. The fraction of sp³-hybridized carbons (Fsp3) is 0.529. The van der Waals surface area contributed by atoms with Gasteiger partial charge in [0.25, 0.3) is 0 Å². The zero-order valence-corrected chi connectivity index (χ0v) is 15.7. The lowest BCUT2D eigenvalue weighted by molar-refractivity contribution is 0.330. The van der Waals surface area contributed by atoms with Crippen molar-refractivity contribution in [2.24, 2.45) is 15.9 Å². The monoisotopic (exact) mass is 414 g/mol. The van der Waals surface area contributed by atoms with Crippen molar-refractivity contribution in [2.75, 3.05) is 14.2 Å². The summed E-state index contributed by atoms with van der Waals surface area (Å²) in [6.07, 6.45) is 1.81. The highest BCUT2D eigenvalue weighted by molar-refractivity contribution is 14.1. The number of nitrogens with zero attached hydrogens (tertiary/aromatic N) is 2. The highest BCUT2D eigenvalue weighted by Gasteiger charge is 2.30. The number of aryl methyl sites for hydroxylation is 1. The van der Waals surface area contributed by atoms with Gasteiger partial charge in [-0.05, 0) is 53.0 Å². The van der Waals surface area contributed by atoms with E-state index in [4.69, 9.17) is 19.5 Å². The first-order chi connectivity index (χ1) is 10.6. The molecule has 22 heavy (non-hydrogen) atoms. The normalized spacial score (nSPS) is 21.4. The van der Waals surface area contributed by atoms with Gasteiger partial charge in [0.2, 0.25) is 11.8 Å². The second-order valence-electron chi connectivity index (χ2n) is 5.68. The molecule has 1 heterocycles. The van der Waals surface area contributed by atoms with E-state index in [0.717, 1.165) is 12.8 Å². The van der Waals surface area contributed by atoms with Gasteiger partial charge >= 0.3 is 0 Å². The molecule has 1 aromatic carbocycles. The van der Waals surface area contributed by atoms with E-state index in [1.54, 1.807) is 14.2 Å². The molecular weight excluding hydrogens is 391 g/mol. The average Bonchev–Trinajstić information content (AvgIpc) is 2.53. The average molecular weight is 414 g/mol. The van der Waals surface area contributed by atoms with Crippen LogP contribution in [0, 0.1) is 9.49 Å². The predicted octanol–water partition coefficient (Wildman–Crippen LogP) is 3.72. The van der Waals surface area contributed by atoms with Crippen molar-refractivity contribution in [3.05, 3.63) is 33.4 Å². The van der Waals surface area contributed by atoms with E-state index < -0.39 is 0 Å². The number of rotatable bonds is 4. The SMILES string of the molecule is COC1=N[C@@H](CCc2ccccc2I)C(OC)=NC1C(C)C. The molecule has 1 aromatic rings. The Balaban J connectivity index is 2.14. The lowest BCUT2D eigenvalue weighted by atomic mass is 10.0. The Kier molecular flexibility index (Phi) is 6.23. The van der Waals surface area contributed by atoms with Crippen molar-refractivity contribution in [1.82, 2.24) is 0 Å². The number of ether oxygens (including phenoxy) is 2. The van der Waals surface area contributed by atoms with Crippen molar-refractivity contribution < 1.29 is 9.47 Å². The van der Waals surface area contributed by atoms with Crippen LogP contribution in [0.3, 0.4) is 0 Å². The number of hydrogen-bond donors (Lipinski definition) is 0. The van der Waals surface area contributed by atoms with E-state index in [1.807, 2.05) is 0 Å². The summed E-state index contributed by atoms with van der Waals surface area (Å²) in [5.74, 6) is 1.76. The summed E-state index contributed by atoms with van der Waals surface area (Å²) in [6, 6.07) is 8.30. The van der Waals surface area contributed by atoms with Gasteiger partial charge in [-0.1, -0.05) is 32.0 Å². The van der Waals surface area contributed by atoms with Gasteiger partial charge in [0.1, 0.15) is 12.1 Å². The summed E-state index contributed by atoms with van der Waals surface area (Å²) in [7, 11) is 3.33. The number of halogens is 1. The van der Waals surface area contributed by atoms with Gasteiger partial charge in [-0.3, -0.25) is 0 Å². The molecule has 4 nitrogen and oxygen atoms in total. The van der Waals surface area contributed by atoms with E-state index >= 15 is 0 Å². The summed E-state index contributed by atoms with van der Waals surface area (Å²) in [5.41, 5.74) is 1.33. The van der Waals surface area contributed by atoms with Crippen LogP contribution in [-0.4, -0.2) is 38.1 Å². The van der Waals surface area contributed by atoms with Crippen LogP contribution in [0.15, 0.2) is 34.3 Å². The van der Waals surface area contributed by atoms with Crippen LogP contribution in [0.25, 0.3) is 0 Å². The summed E-state index contributed by atoms with van der Waals surface area (Å²) in [4.78, 5) is 9.44. The summed E-state index contributed by atoms with van der Waals surface area (Å²) in [5, 5.41) is 0. The highest BCUT2D eigenvalue weighted by Crippen LogP contribution is 2.21. The molecule has 1 aliphatic rings. The van der Waals surface area contributed by atoms with Crippen LogP contribution in [0.4, 0.5) is 0 Å². The zero-order valence-electron chi connectivity index (χ0n) is 13.5. The molecule has 2 rings (SSSR count). The van der Waals surface area contributed by atoms with E-state index in [0.29, 0.717) is 17.7 Å². The Bertz CT molecular complexity index is 570. The first kappa shape index (κ1) is 17.2. The zero-order chi connectivity index (χ0) is 16.1. The molecule has 0 aliphatic carbocycles. The molecule has 0 saturated heterocycles. The van der Waals surface area contributed by atoms with Gasteiger partial charge in [0.15, 0.2) is 0 Å². The third kappa shape index (κ3) is 4.00. The molecule has 0 saturated carbocycles. The van der Waals surface area contributed by atoms with Crippen molar-refractivity contribution >= 4 is 34.4 Å². The number of aliphatic imine (C=N–C) groups is 2. The van der Waals surface area contributed by atoms with Gasteiger partial charge in [-0.25, -0.2) is 9.98 Å². The first-order valence-corrected chi connectivity index (χ1v) is 8.61. The Labute approximate surface area is 146 Å². The molecule has 0 amide bonds. The molecule has 0 spiro atoms. The molecule has 2 atom stereocenters. The molecule has 0 aromatic heterocycles. The van der Waals surface area contributed by atoms with E-state index in [2.05, 4.69) is 60.7 Å². The highest BCUT2D eigenvalue weighted by atomic mass is 127. The number of benzene rings is 1. The standard InChI is InChI=1S/C17H23IN2O2/c1-11(2)15-17(22-4)19-14(16(20-15)21-3)10-9-12-7-5-6-8-13(12)18/h5-8,11,14-15H,9-10H2,1-4H3/t14-,15?/m0/s1.